The summed E-state index contributed by atoms with van der Waals surface area (Å²) in [5, 5.41) is 0. The van der Waals surface area contributed by atoms with Crippen molar-refractivity contribution in [2.24, 2.45) is 5.92 Å². The second kappa shape index (κ2) is 8.66. The minimum Gasteiger partial charge on any atom is -0.250 e. The van der Waals surface area contributed by atoms with Gasteiger partial charge in [-0.3, -0.25) is 4.98 Å². The van der Waals surface area contributed by atoms with Gasteiger partial charge in [0.1, 0.15) is 18.4 Å². The molecule has 0 saturated carbocycles. The Kier molecular flexibility index (Phi) is 6.52. The summed E-state index contributed by atoms with van der Waals surface area (Å²) in [5.74, 6) is 0.699. The van der Waals surface area contributed by atoms with Crippen LogP contribution in [0.15, 0.2) is 49.1 Å². The molecule has 0 fully saturated rings. The fourth-order valence-corrected chi connectivity index (χ4v) is 3.21. The molecule has 2 unspecified atom stereocenters. The zero-order chi connectivity index (χ0) is 14.9. The van der Waals surface area contributed by atoms with Gasteiger partial charge in [-0.05, 0) is 31.2 Å². The quantitative estimate of drug-likeness (QED) is 0.509. The summed E-state index contributed by atoms with van der Waals surface area (Å²) in [6.45, 7) is 4.60. The van der Waals surface area contributed by atoms with E-state index in [9.17, 15) is 0 Å². The van der Waals surface area contributed by atoms with Gasteiger partial charge in [-0.1, -0.05) is 57.0 Å². The Morgan fingerprint density at radius 1 is 1.10 bits per heavy atom. The highest BCUT2D eigenvalue weighted by molar-refractivity contribution is 5.15. The maximum atomic E-state index is 3.21. The molecule has 1 N–H and O–H groups in total. The van der Waals surface area contributed by atoms with E-state index in [4.69, 9.17) is 0 Å². The smallest absolute Gasteiger partial charge is 0.241 e. The van der Waals surface area contributed by atoms with E-state index >= 15 is 0 Å². The number of imidazole rings is 1. The zero-order valence-corrected chi connectivity index (χ0v) is 13.5. The van der Waals surface area contributed by atoms with Crippen LogP contribution < -0.4 is 4.57 Å². The van der Waals surface area contributed by atoms with Gasteiger partial charge in [0.05, 0.1) is 0 Å². The predicted molar refractivity (Wildman–Crippen MR) is 88.1 cm³/mol. The molecule has 21 heavy (non-hydrogen) atoms. The van der Waals surface area contributed by atoms with E-state index in [-0.39, 0.29) is 0 Å². The first-order chi connectivity index (χ1) is 10.3. The summed E-state index contributed by atoms with van der Waals surface area (Å²) in [7, 11) is 0. The number of rotatable bonds is 9. The number of nitrogens with zero attached hydrogens (tertiary/aromatic N) is 1. The third kappa shape index (κ3) is 4.73. The van der Waals surface area contributed by atoms with E-state index in [2.05, 4.69) is 66.3 Å². The Bertz CT molecular complexity index is 476. The standard InChI is InChI=1S/C19H28N2/c1-3-5-7-12-19(21-14-13-20-16-21)18(4-2)15-17-10-8-6-9-11-17/h6,8-11,13-14,16,18-19H,3-5,7,12,15H2,1-2H3/p+1. The number of hydrogen-bond donors (Lipinski definition) is 1. The lowest BCUT2D eigenvalue weighted by Crippen LogP contribution is -2.42. The van der Waals surface area contributed by atoms with E-state index in [0.29, 0.717) is 12.0 Å². The predicted octanol–water partition coefficient (Wildman–Crippen LogP) is 4.69. The molecule has 0 amide bonds. The molecule has 0 radical (unpaired) electrons. The topological polar surface area (TPSA) is 19.7 Å². The number of benzene rings is 1. The zero-order valence-electron chi connectivity index (χ0n) is 13.5. The molecular weight excluding hydrogens is 256 g/mol. The maximum absolute atomic E-state index is 3.21. The van der Waals surface area contributed by atoms with E-state index in [0.717, 1.165) is 0 Å². The van der Waals surface area contributed by atoms with Gasteiger partial charge in [0.15, 0.2) is 0 Å². The highest BCUT2D eigenvalue weighted by Crippen LogP contribution is 2.26. The van der Waals surface area contributed by atoms with Crippen LogP contribution in [0.5, 0.6) is 0 Å². The van der Waals surface area contributed by atoms with Crippen molar-refractivity contribution in [3.63, 3.8) is 0 Å². The summed E-state index contributed by atoms with van der Waals surface area (Å²) in [6, 6.07) is 11.5. The second-order valence-corrected chi connectivity index (χ2v) is 5.98. The molecule has 1 heterocycles. The number of nitrogens with one attached hydrogen (secondary N) is 1. The van der Waals surface area contributed by atoms with Crippen LogP contribution >= 0.6 is 0 Å². The molecule has 0 aliphatic rings. The van der Waals surface area contributed by atoms with E-state index in [1.54, 1.807) is 0 Å². The molecule has 2 rings (SSSR count). The summed E-state index contributed by atoms with van der Waals surface area (Å²) in [6.07, 6.45) is 14.0. The Hall–Kier alpha value is -1.57. The monoisotopic (exact) mass is 285 g/mol. The first kappa shape index (κ1) is 15.8. The second-order valence-electron chi connectivity index (χ2n) is 5.98. The van der Waals surface area contributed by atoms with Crippen molar-refractivity contribution < 1.29 is 4.57 Å². The van der Waals surface area contributed by atoms with Gasteiger partial charge in [0.2, 0.25) is 6.33 Å². The molecule has 0 saturated heterocycles. The Balaban J connectivity index is 2.08. The molecule has 2 heteroatoms. The third-order valence-corrected chi connectivity index (χ3v) is 4.46. The van der Waals surface area contributed by atoms with Crippen molar-refractivity contribution in [2.45, 2.75) is 58.4 Å². The van der Waals surface area contributed by atoms with Crippen molar-refractivity contribution in [3.8, 4) is 0 Å². The first-order valence-corrected chi connectivity index (χ1v) is 8.42. The number of aromatic nitrogens is 2. The van der Waals surface area contributed by atoms with Crippen LogP contribution in [-0.4, -0.2) is 4.98 Å². The van der Waals surface area contributed by atoms with Crippen LogP contribution in [0.1, 0.15) is 57.6 Å². The van der Waals surface area contributed by atoms with Crippen molar-refractivity contribution in [2.75, 3.05) is 0 Å². The van der Waals surface area contributed by atoms with Crippen LogP contribution in [0.3, 0.4) is 0 Å². The average Bonchev–Trinajstić information content (AvgIpc) is 3.05. The van der Waals surface area contributed by atoms with Gasteiger partial charge >= 0.3 is 0 Å². The summed E-state index contributed by atoms with van der Waals surface area (Å²) < 4.78 is 2.38. The molecule has 114 valence electrons. The lowest BCUT2D eigenvalue weighted by molar-refractivity contribution is -0.730. The molecular formula is C19H29N2+. The normalized spacial score (nSPS) is 14.0. The van der Waals surface area contributed by atoms with Gasteiger partial charge in [-0.2, -0.15) is 0 Å². The largest absolute Gasteiger partial charge is 0.250 e. The highest BCUT2D eigenvalue weighted by Gasteiger charge is 2.25. The molecule has 2 aromatic rings. The Morgan fingerprint density at radius 3 is 2.52 bits per heavy atom. The fourth-order valence-electron chi connectivity index (χ4n) is 3.21. The van der Waals surface area contributed by atoms with Crippen LogP contribution in [-0.2, 0) is 6.42 Å². The minimum atomic E-state index is 0.605. The average molecular weight is 285 g/mol. The summed E-state index contributed by atoms with van der Waals surface area (Å²) >= 11 is 0. The third-order valence-electron chi connectivity index (χ3n) is 4.46. The van der Waals surface area contributed by atoms with E-state index in [1.807, 2.05) is 6.20 Å². The van der Waals surface area contributed by atoms with Crippen LogP contribution in [0.25, 0.3) is 0 Å². The van der Waals surface area contributed by atoms with Crippen molar-refractivity contribution in [1.29, 1.82) is 0 Å². The number of hydrogen-bond acceptors (Lipinski definition) is 0. The van der Waals surface area contributed by atoms with E-state index in [1.165, 1.54) is 44.1 Å². The van der Waals surface area contributed by atoms with Crippen molar-refractivity contribution in [1.82, 2.24) is 4.98 Å². The lowest BCUT2D eigenvalue weighted by atomic mass is 9.87. The Labute approximate surface area is 129 Å². The fraction of sp³-hybridized carbons (Fsp3) is 0.526. The molecule has 0 aliphatic carbocycles. The highest BCUT2D eigenvalue weighted by atomic mass is 15.1. The van der Waals surface area contributed by atoms with Gasteiger partial charge in [-0.25, -0.2) is 4.57 Å². The minimum absolute atomic E-state index is 0.605. The molecule has 1 aromatic carbocycles. The summed E-state index contributed by atoms with van der Waals surface area (Å²) in [5.41, 5.74) is 1.46. The van der Waals surface area contributed by atoms with Crippen molar-refractivity contribution in [3.05, 3.63) is 54.6 Å². The van der Waals surface area contributed by atoms with Gasteiger partial charge < -0.3 is 0 Å². The SMILES string of the molecule is CCCCCC(C(CC)Cc1ccccc1)[n+]1cc[nH]c1. The van der Waals surface area contributed by atoms with Gasteiger partial charge in [0.25, 0.3) is 0 Å². The lowest BCUT2D eigenvalue weighted by Gasteiger charge is -2.24. The molecule has 2 atom stereocenters. The van der Waals surface area contributed by atoms with Crippen LogP contribution in [0.2, 0.25) is 0 Å². The molecule has 0 spiro atoms. The summed E-state index contributed by atoms with van der Waals surface area (Å²) in [4.78, 5) is 3.21. The van der Waals surface area contributed by atoms with Gasteiger partial charge in [-0.15, -0.1) is 0 Å². The molecule has 0 aliphatic heterocycles. The van der Waals surface area contributed by atoms with Gasteiger partial charge in [0, 0.05) is 5.92 Å². The van der Waals surface area contributed by atoms with Crippen molar-refractivity contribution >= 4 is 0 Å². The number of H-pyrrole nitrogens is 1. The molecule has 0 bridgehead atoms. The van der Waals surface area contributed by atoms with Crippen LogP contribution in [0.4, 0.5) is 0 Å². The maximum Gasteiger partial charge on any atom is 0.241 e. The van der Waals surface area contributed by atoms with Crippen LogP contribution in [0, 0.1) is 5.92 Å². The molecule has 1 aromatic heterocycles. The first-order valence-electron chi connectivity index (χ1n) is 8.42. The molecule has 2 nitrogen and oxygen atoms in total. The van der Waals surface area contributed by atoms with E-state index < -0.39 is 0 Å². The number of aromatic amines is 1. The Morgan fingerprint density at radius 2 is 1.90 bits per heavy atom. The number of unbranched alkanes of at least 4 members (excludes halogenated alkanes) is 2.